The average Bonchev–Trinajstić information content (AvgIpc) is 2.68. The van der Waals surface area contributed by atoms with E-state index in [1.165, 1.54) is 0 Å². The van der Waals surface area contributed by atoms with Crippen LogP contribution in [-0.4, -0.2) is 43.9 Å². The van der Waals surface area contributed by atoms with Crippen LogP contribution in [0.4, 0.5) is 5.82 Å². The fraction of sp³-hybridized carbons (Fsp3) is 0.222. The first-order valence-electron chi connectivity index (χ1n) is 8.22. The van der Waals surface area contributed by atoms with Crippen LogP contribution in [0.1, 0.15) is 0 Å². The largest absolute Gasteiger partial charge is 0.274 e. The lowest BCUT2D eigenvalue weighted by Gasteiger charge is -2.30. The van der Waals surface area contributed by atoms with Crippen molar-refractivity contribution in [3.8, 4) is 0 Å². The molecule has 128 valence electrons. The van der Waals surface area contributed by atoms with Crippen LogP contribution >= 0.6 is 0 Å². The van der Waals surface area contributed by atoms with Gasteiger partial charge in [-0.15, -0.1) is 0 Å². The van der Waals surface area contributed by atoms with Gasteiger partial charge in [0.15, 0.2) is 0 Å². The Morgan fingerprint density at radius 1 is 0.920 bits per heavy atom. The van der Waals surface area contributed by atoms with Crippen molar-refractivity contribution < 1.29 is 13.4 Å². The number of pyridine rings is 2. The van der Waals surface area contributed by atoms with E-state index in [-0.39, 0.29) is 4.90 Å². The van der Waals surface area contributed by atoms with Crippen molar-refractivity contribution in [1.29, 1.82) is 0 Å². The van der Waals surface area contributed by atoms with Gasteiger partial charge in [0, 0.05) is 17.6 Å². The highest BCUT2D eigenvalue weighted by Crippen LogP contribution is 2.25. The molecule has 0 bridgehead atoms. The summed E-state index contributed by atoms with van der Waals surface area (Å²) in [4.78, 5) is 9.92. The second kappa shape index (κ2) is 6.42. The number of hydrogen-bond donors (Lipinski definition) is 0. The van der Waals surface area contributed by atoms with Crippen LogP contribution in [0.15, 0.2) is 65.8 Å². The summed E-state index contributed by atoms with van der Waals surface area (Å²) >= 11 is 0. The van der Waals surface area contributed by atoms with Crippen LogP contribution in [0.5, 0.6) is 0 Å². The number of rotatable bonds is 3. The summed E-state index contributed by atoms with van der Waals surface area (Å²) in [5.41, 5.74) is 0.531. The van der Waals surface area contributed by atoms with Gasteiger partial charge >= 0.3 is 0 Å². The van der Waals surface area contributed by atoms with Crippen molar-refractivity contribution in [1.82, 2.24) is 9.29 Å². The van der Waals surface area contributed by atoms with E-state index in [0.717, 1.165) is 11.2 Å². The maximum atomic E-state index is 13.1. The molecular formula is C18H19N4O2S+. The molecule has 3 aromatic rings. The number of aromatic amines is 1. The zero-order valence-corrected chi connectivity index (χ0v) is 14.5. The number of nitrogens with one attached hydrogen (secondary N) is 1. The number of fused-ring (bicyclic) bond motifs is 1. The number of piperazine rings is 1. The molecule has 0 amide bonds. The SMILES string of the molecule is O=S(=O)(c1cccc2cccnc12)N1CCN(c2cccc[nH+]2)CC1. The third-order valence-corrected chi connectivity index (χ3v) is 6.42. The summed E-state index contributed by atoms with van der Waals surface area (Å²) in [7, 11) is -3.56. The number of anilines is 1. The second-order valence-electron chi connectivity index (χ2n) is 5.97. The van der Waals surface area contributed by atoms with Crippen LogP contribution < -0.4 is 9.88 Å². The van der Waals surface area contributed by atoms with Gasteiger partial charge in [-0.2, -0.15) is 4.31 Å². The fourth-order valence-corrected chi connectivity index (χ4v) is 4.76. The van der Waals surface area contributed by atoms with Crippen molar-refractivity contribution in [3.05, 3.63) is 60.9 Å². The standard InChI is InChI=1S/C18H18N4O2S/c23-25(24,16-7-3-5-15-6-4-10-20-18(15)16)22-13-11-21(12-14-22)17-8-1-2-9-19-17/h1-10H,11-14H2/p+1. The minimum Gasteiger partial charge on any atom is -0.259 e. The number of nitrogens with zero attached hydrogens (tertiary/aromatic N) is 3. The third kappa shape index (κ3) is 2.96. The van der Waals surface area contributed by atoms with Gasteiger partial charge in [0.2, 0.25) is 10.0 Å². The Labute approximate surface area is 146 Å². The molecule has 1 N–H and O–H groups in total. The van der Waals surface area contributed by atoms with E-state index < -0.39 is 10.0 Å². The molecule has 0 aliphatic carbocycles. The third-order valence-electron chi connectivity index (χ3n) is 4.49. The number of para-hydroxylation sites is 1. The van der Waals surface area contributed by atoms with Gasteiger partial charge in [0.05, 0.1) is 37.9 Å². The summed E-state index contributed by atoms with van der Waals surface area (Å²) in [5.74, 6) is 1.01. The van der Waals surface area contributed by atoms with E-state index in [9.17, 15) is 8.42 Å². The van der Waals surface area contributed by atoms with Gasteiger partial charge in [-0.25, -0.2) is 13.4 Å². The van der Waals surface area contributed by atoms with Gasteiger partial charge in [-0.05, 0) is 18.2 Å². The molecule has 7 heteroatoms. The lowest BCUT2D eigenvalue weighted by molar-refractivity contribution is -0.364. The molecule has 6 nitrogen and oxygen atoms in total. The van der Waals surface area contributed by atoms with E-state index >= 15 is 0 Å². The predicted molar refractivity (Wildman–Crippen MR) is 95.7 cm³/mol. The monoisotopic (exact) mass is 355 g/mol. The Morgan fingerprint density at radius 2 is 1.72 bits per heavy atom. The number of aromatic nitrogens is 2. The summed E-state index contributed by atoms with van der Waals surface area (Å²) in [6.45, 7) is 2.21. The molecule has 0 saturated carbocycles. The van der Waals surface area contributed by atoms with Crippen LogP contribution in [0, 0.1) is 0 Å². The van der Waals surface area contributed by atoms with Crippen molar-refractivity contribution in [2.75, 3.05) is 31.1 Å². The van der Waals surface area contributed by atoms with Crippen LogP contribution in [-0.2, 0) is 10.0 Å². The van der Waals surface area contributed by atoms with Gasteiger partial charge < -0.3 is 0 Å². The van der Waals surface area contributed by atoms with Gasteiger partial charge in [0.25, 0.3) is 5.82 Å². The lowest BCUT2D eigenvalue weighted by atomic mass is 10.2. The molecule has 1 aromatic carbocycles. The molecule has 1 saturated heterocycles. The van der Waals surface area contributed by atoms with Crippen molar-refractivity contribution in [2.24, 2.45) is 0 Å². The van der Waals surface area contributed by atoms with Crippen LogP contribution in [0.25, 0.3) is 10.9 Å². The topological polar surface area (TPSA) is 67.7 Å². The molecule has 2 aromatic heterocycles. The quantitative estimate of drug-likeness (QED) is 0.715. The minimum absolute atomic E-state index is 0.283. The van der Waals surface area contributed by atoms with E-state index in [2.05, 4.69) is 14.9 Å². The molecule has 4 rings (SSSR count). The molecule has 3 heterocycles. The number of H-pyrrole nitrogens is 1. The summed E-state index contributed by atoms with van der Waals surface area (Å²) in [6.07, 6.45) is 3.50. The molecule has 0 unspecified atom stereocenters. The Balaban J connectivity index is 1.60. The molecular weight excluding hydrogens is 336 g/mol. The molecule has 25 heavy (non-hydrogen) atoms. The summed E-state index contributed by atoms with van der Waals surface area (Å²) < 4.78 is 27.8. The highest BCUT2D eigenvalue weighted by Gasteiger charge is 2.32. The molecule has 0 radical (unpaired) electrons. The summed E-state index contributed by atoms with van der Waals surface area (Å²) in [5, 5.41) is 0.834. The average molecular weight is 355 g/mol. The highest BCUT2D eigenvalue weighted by atomic mass is 32.2. The van der Waals surface area contributed by atoms with E-state index in [1.807, 2.05) is 42.6 Å². The lowest BCUT2D eigenvalue weighted by Crippen LogP contribution is -2.49. The van der Waals surface area contributed by atoms with E-state index in [4.69, 9.17) is 0 Å². The van der Waals surface area contributed by atoms with Gasteiger partial charge in [-0.3, -0.25) is 9.88 Å². The van der Waals surface area contributed by atoms with Gasteiger partial charge in [0.1, 0.15) is 4.90 Å². The Morgan fingerprint density at radius 3 is 2.48 bits per heavy atom. The van der Waals surface area contributed by atoms with Crippen LogP contribution in [0.2, 0.25) is 0 Å². The first-order chi connectivity index (χ1) is 12.2. The van der Waals surface area contributed by atoms with Crippen molar-refractivity contribution in [3.63, 3.8) is 0 Å². The molecule has 1 aliphatic heterocycles. The normalized spacial score (nSPS) is 16.2. The number of benzene rings is 1. The predicted octanol–water partition coefficient (Wildman–Crippen LogP) is 1.56. The summed E-state index contributed by atoms with van der Waals surface area (Å²) in [6, 6.07) is 14.9. The Hall–Kier alpha value is -2.51. The maximum absolute atomic E-state index is 13.1. The Bertz CT molecular complexity index is 979. The fourth-order valence-electron chi connectivity index (χ4n) is 3.17. The first kappa shape index (κ1) is 16.0. The van der Waals surface area contributed by atoms with Crippen LogP contribution in [0.3, 0.4) is 0 Å². The minimum atomic E-state index is -3.56. The van der Waals surface area contributed by atoms with Crippen molar-refractivity contribution >= 4 is 26.7 Å². The number of sulfonamides is 1. The molecule has 0 atom stereocenters. The second-order valence-corrected chi connectivity index (χ2v) is 7.88. The van der Waals surface area contributed by atoms with E-state index in [1.54, 1.807) is 22.6 Å². The smallest absolute Gasteiger partial charge is 0.259 e. The molecule has 0 spiro atoms. The van der Waals surface area contributed by atoms with Gasteiger partial charge in [-0.1, -0.05) is 24.3 Å². The zero-order chi connectivity index (χ0) is 17.3. The van der Waals surface area contributed by atoms with Crippen molar-refractivity contribution in [2.45, 2.75) is 4.90 Å². The first-order valence-corrected chi connectivity index (χ1v) is 9.66. The molecule has 1 fully saturated rings. The maximum Gasteiger partial charge on any atom is 0.274 e. The van der Waals surface area contributed by atoms with E-state index in [0.29, 0.717) is 31.7 Å². The number of hydrogen-bond acceptors (Lipinski definition) is 4. The Kier molecular flexibility index (Phi) is 4.10. The zero-order valence-electron chi connectivity index (χ0n) is 13.7. The highest BCUT2D eigenvalue weighted by molar-refractivity contribution is 7.89. The molecule has 1 aliphatic rings.